The Hall–Kier alpha value is -1.57. The molecular formula is C28H46F3NO3. The first kappa shape index (κ1) is 31.5. The zero-order chi connectivity index (χ0) is 26.3. The largest absolute Gasteiger partial charge is 0.418 e. The average molecular weight is 502 g/mol. The predicted octanol–water partition coefficient (Wildman–Crippen LogP) is 7.84. The third-order valence-electron chi connectivity index (χ3n) is 6.24. The Labute approximate surface area is 210 Å². The van der Waals surface area contributed by atoms with Crippen LogP contribution >= 0.6 is 0 Å². The van der Waals surface area contributed by atoms with Crippen molar-refractivity contribution in [2.75, 3.05) is 32.2 Å². The zero-order valence-electron chi connectivity index (χ0n) is 22.2. The van der Waals surface area contributed by atoms with Crippen molar-refractivity contribution in [1.82, 2.24) is 0 Å². The standard InChI is InChI=1S/C23H32F3NO2.C3H8O.C2H6/c1-2-15-29-21(23(24,25)26)18-5-7-19(8-6-18)27-14-13-22(16-17-3-4-17)11-9-20(28)10-12-22;1-3-4-2;1-2/h5-8,16,20-21,27-28H,2-4,9-15H2,1H3;3H2,1-2H3;1-2H3. The number of nitrogens with one attached hydrogen (secondary N) is 1. The minimum absolute atomic E-state index is 0.0798. The van der Waals surface area contributed by atoms with E-state index >= 15 is 0 Å². The van der Waals surface area contributed by atoms with E-state index in [4.69, 9.17) is 4.74 Å². The number of halogens is 3. The molecule has 2 aliphatic carbocycles. The van der Waals surface area contributed by atoms with Crippen LogP contribution in [0, 0.1) is 5.41 Å². The van der Waals surface area contributed by atoms with Crippen molar-refractivity contribution in [3.8, 4) is 0 Å². The Balaban J connectivity index is 0.000000926. The van der Waals surface area contributed by atoms with Gasteiger partial charge in [-0.15, -0.1) is 0 Å². The molecule has 1 atom stereocenters. The molecule has 0 aromatic heterocycles. The Morgan fingerprint density at radius 1 is 1.11 bits per heavy atom. The Kier molecular flexibility index (Phi) is 14.6. The van der Waals surface area contributed by atoms with Crippen molar-refractivity contribution >= 4 is 5.69 Å². The molecule has 1 aromatic rings. The molecule has 3 rings (SSSR count). The first-order valence-electron chi connectivity index (χ1n) is 13.1. The molecule has 0 radical (unpaired) electrons. The highest BCUT2D eigenvalue weighted by Gasteiger charge is 2.41. The van der Waals surface area contributed by atoms with E-state index in [-0.39, 0.29) is 23.7 Å². The van der Waals surface area contributed by atoms with Crippen LogP contribution in [0.4, 0.5) is 18.9 Å². The van der Waals surface area contributed by atoms with Crippen LogP contribution in [-0.2, 0) is 9.47 Å². The summed E-state index contributed by atoms with van der Waals surface area (Å²) in [6.45, 7) is 9.41. The number of aliphatic hydroxyl groups excluding tert-OH is 1. The van der Waals surface area contributed by atoms with Crippen LogP contribution in [0.1, 0.15) is 90.7 Å². The van der Waals surface area contributed by atoms with Gasteiger partial charge in [0.15, 0.2) is 6.10 Å². The summed E-state index contributed by atoms with van der Waals surface area (Å²) < 4.78 is 49.3. The molecule has 1 aromatic carbocycles. The van der Waals surface area contributed by atoms with Crippen LogP contribution in [0.5, 0.6) is 0 Å². The van der Waals surface area contributed by atoms with Gasteiger partial charge in [-0.25, -0.2) is 0 Å². The minimum Gasteiger partial charge on any atom is -0.393 e. The van der Waals surface area contributed by atoms with Gasteiger partial charge >= 0.3 is 6.18 Å². The van der Waals surface area contributed by atoms with Gasteiger partial charge in [0.1, 0.15) is 0 Å². The average Bonchev–Trinajstić information content (AvgIpc) is 3.66. The number of benzene rings is 1. The molecule has 0 amide bonds. The lowest BCUT2D eigenvalue weighted by Crippen LogP contribution is -2.30. The van der Waals surface area contributed by atoms with Gasteiger partial charge in [0, 0.05) is 32.6 Å². The molecule has 202 valence electrons. The maximum atomic E-state index is 13.3. The van der Waals surface area contributed by atoms with Gasteiger partial charge < -0.3 is 19.9 Å². The second-order valence-electron chi connectivity index (χ2n) is 9.06. The second kappa shape index (κ2) is 16.2. The van der Waals surface area contributed by atoms with Gasteiger partial charge in [-0.2, -0.15) is 13.2 Å². The number of allylic oxidation sites excluding steroid dienone is 2. The van der Waals surface area contributed by atoms with Gasteiger partial charge in [-0.05, 0) is 81.4 Å². The first-order valence-corrected chi connectivity index (χ1v) is 13.1. The van der Waals surface area contributed by atoms with Crippen LogP contribution in [0.25, 0.3) is 0 Å². The molecule has 2 aliphatic rings. The van der Waals surface area contributed by atoms with E-state index in [9.17, 15) is 18.3 Å². The monoisotopic (exact) mass is 501 g/mol. The van der Waals surface area contributed by atoms with Crippen LogP contribution in [0.2, 0.25) is 0 Å². The highest BCUT2D eigenvalue weighted by Crippen LogP contribution is 2.45. The lowest BCUT2D eigenvalue weighted by atomic mass is 9.70. The van der Waals surface area contributed by atoms with Crippen LogP contribution in [0.3, 0.4) is 0 Å². The molecule has 2 saturated carbocycles. The zero-order valence-corrected chi connectivity index (χ0v) is 22.2. The minimum atomic E-state index is -4.42. The summed E-state index contributed by atoms with van der Waals surface area (Å²) in [5.41, 5.74) is 2.62. The van der Waals surface area contributed by atoms with E-state index in [1.165, 1.54) is 30.5 Å². The smallest absolute Gasteiger partial charge is 0.393 e. The fourth-order valence-electron chi connectivity index (χ4n) is 4.14. The Morgan fingerprint density at radius 2 is 1.69 bits per heavy atom. The van der Waals surface area contributed by atoms with Crippen molar-refractivity contribution in [1.29, 1.82) is 0 Å². The molecule has 0 saturated heterocycles. The van der Waals surface area contributed by atoms with E-state index in [2.05, 4.69) is 16.1 Å². The summed E-state index contributed by atoms with van der Waals surface area (Å²) >= 11 is 0. The van der Waals surface area contributed by atoms with Gasteiger partial charge in [0.25, 0.3) is 0 Å². The van der Waals surface area contributed by atoms with E-state index < -0.39 is 12.3 Å². The highest BCUT2D eigenvalue weighted by molar-refractivity contribution is 5.45. The first-order chi connectivity index (χ1) is 16.7. The highest BCUT2D eigenvalue weighted by atomic mass is 19.4. The molecular weight excluding hydrogens is 455 g/mol. The summed E-state index contributed by atoms with van der Waals surface area (Å²) in [7, 11) is 1.68. The van der Waals surface area contributed by atoms with E-state index in [0.29, 0.717) is 6.42 Å². The number of aliphatic hydroxyl groups is 1. The van der Waals surface area contributed by atoms with E-state index in [0.717, 1.165) is 50.9 Å². The molecule has 4 nitrogen and oxygen atoms in total. The predicted molar refractivity (Wildman–Crippen MR) is 138 cm³/mol. The number of anilines is 1. The number of rotatable bonds is 10. The third-order valence-corrected chi connectivity index (χ3v) is 6.24. The number of hydrogen-bond donors (Lipinski definition) is 2. The van der Waals surface area contributed by atoms with Crippen molar-refractivity contribution in [3.05, 3.63) is 41.5 Å². The molecule has 0 aliphatic heterocycles. The quantitative estimate of drug-likeness (QED) is 0.321. The van der Waals surface area contributed by atoms with Gasteiger partial charge in [0.05, 0.1) is 6.10 Å². The Bertz CT molecular complexity index is 703. The van der Waals surface area contributed by atoms with E-state index in [1.54, 1.807) is 26.2 Å². The lowest BCUT2D eigenvalue weighted by Gasteiger charge is -2.37. The molecule has 1 unspecified atom stereocenters. The molecule has 2 N–H and O–H groups in total. The molecule has 0 bridgehead atoms. The van der Waals surface area contributed by atoms with Crippen molar-refractivity contribution in [3.63, 3.8) is 0 Å². The lowest BCUT2D eigenvalue weighted by molar-refractivity contribution is -0.223. The van der Waals surface area contributed by atoms with Gasteiger partial charge in [0.2, 0.25) is 0 Å². The molecule has 35 heavy (non-hydrogen) atoms. The number of ether oxygens (including phenoxy) is 2. The fourth-order valence-corrected chi connectivity index (χ4v) is 4.14. The SMILES string of the molecule is CC.CCCOC(c1ccc(NCCC2(C=C3CC3)CCC(O)CC2)cc1)C(F)(F)F.CCOC. The van der Waals surface area contributed by atoms with Gasteiger partial charge in [-0.1, -0.05) is 44.6 Å². The van der Waals surface area contributed by atoms with Gasteiger partial charge in [-0.3, -0.25) is 0 Å². The van der Waals surface area contributed by atoms with Crippen LogP contribution < -0.4 is 5.32 Å². The third kappa shape index (κ3) is 11.8. The number of alkyl halides is 3. The number of methoxy groups -OCH3 is 1. The second-order valence-corrected chi connectivity index (χ2v) is 9.06. The summed E-state index contributed by atoms with van der Waals surface area (Å²) in [6.07, 6.45) is 3.54. The maximum Gasteiger partial charge on any atom is 0.418 e. The van der Waals surface area contributed by atoms with Crippen molar-refractivity contribution < 1.29 is 27.8 Å². The summed E-state index contributed by atoms with van der Waals surface area (Å²) in [5, 5.41) is 13.2. The summed E-state index contributed by atoms with van der Waals surface area (Å²) in [5.74, 6) is 0. The van der Waals surface area contributed by atoms with Crippen LogP contribution in [-0.4, -0.2) is 44.3 Å². The topological polar surface area (TPSA) is 50.7 Å². The maximum absolute atomic E-state index is 13.3. The molecule has 0 heterocycles. The molecule has 2 fully saturated rings. The normalized spacial score (nSPS) is 22.2. The molecule has 0 spiro atoms. The van der Waals surface area contributed by atoms with Crippen molar-refractivity contribution in [2.24, 2.45) is 5.41 Å². The number of hydrogen-bond acceptors (Lipinski definition) is 4. The summed E-state index contributed by atoms with van der Waals surface area (Å²) in [4.78, 5) is 0. The van der Waals surface area contributed by atoms with Crippen LogP contribution in [0.15, 0.2) is 35.9 Å². The summed E-state index contributed by atoms with van der Waals surface area (Å²) in [6, 6.07) is 6.38. The van der Waals surface area contributed by atoms with E-state index in [1.807, 2.05) is 20.8 Å². The van der Waals surface area contributed by atoms with Crippen molar-refractivity contribution in [2.45, 2.75) is 97.4 Å². The fraction of sp³-hybridized carbons (Fsp3) is 0.714. The Morgan fingerprint density at radius 3 is 2.14 bits per heavy atom. The molecule has 7 heteroatoms.